The van der Waals surface area contributed by atoms with Crippen molar-refractivity contribution in [3.63, 3.8) is 0 Å². The topological polar surface area (TPSA) is 111 Å². The lowest BCUT2D eigenvalue weighted by Gasteiger charge is -2.30. The van der Waals surface area contributed by atoms with Crippen LogP contribution in [0.15, 0.2) is 29.9 Å². The molecule has 36 heavy (non-hydrogen) atoms. The lowest BCUT2D eigenvalue weighted by Crippen LogP contribution is -2.37. The lowest BCUT2D eigenvalue weighted by molar-refractivity contribution is -0.193. The summed E-state index contributed by atoms with van der Waals surface area (Å²) in [6.45, 7) is 2.40. The second-order valence-corrected chi connectivity index (χ2v) is 8.63. The van der Waals surface area contributed by atoms with Gasteiger partial charge in [-0.3, -0.25) is 9.78 Å². The van der Waals surface area contributed by atoms with E-state index in [0.717, 1.165) is 24.4 Å². The van der Waals surface area contributed by atoms with Gasteiger partial charge in [0.25, 0.3) is 0 Å². The van der Waals surface area contributed by atoms with Gasteiger partial charge in [-0.05, 0) is 48.7 Å². The molecular weight excluding hydrogens is 520 g/mol. The number of fused-ring (bicyclic) bond motifs is 1. The second-order valence-electron chi connectivity index (χ2n) is 7.60. The van der Waals surface area contributed by atoms with Crippen LogP contribution < -0.4 is 0 Å². The summed E-state index contributed by atoms with van der Waals surface area (Å²) in [6, 6.07) is 4.02. The van der Waals surface area contributed by atoms with Crippen LogP contribution in [0, 0.1) is 0 Å². The Morgan fingerprint density at radius 2 is 1.61 bits per heavy atom. The number of carboxylic acid groups (broad SMARTS) is 2. The second kappa shape index (κ2) is 13.2. The molecule has 1 aliphatic rings. The van der Waals surface area contributed by atoms with Crippen molar-refractivity contribution in [2.75, 3.05) is 20.6 Å². The van der Waals surface area contributed by atoms with Gasteiger partial charge in [-0.25, -0.2) is 9.59 Å². The van der Waals surface area contributed by atoms with Gasteiger partial charge in [-0.1, -0.05) is 6.07 Å². The Balaban J connectivity index is 0.000000383. The number of carbonyl (C=O) groups is 3. The number of hydrogen-bond acceptors (Lipinski definition) is 6. The monoisotopic (exact) mass is 543 g/mol. The number of carbonyl (C=O) groups excluding carboxylic acids is 1. The fraction of sp³-hybridized carbons (Fsp3) is 0.429. The highest BCUT2D eigenvalue weighted by molar-refractivity contribution is 7.10. The van der Waals surface area contributed by atoms with E-state index in [0.29, 0.717) is 13.0 Å². The van der Waals surface area contributed by atoms with Crippen molar-refractivity contribution in [1.82, 2.24) is 14.8 Å². The first kappa shape index (κ1) is 30.8. The zero-order valence-electron chi connectivity index (χ0n) is 19.1. The molecule has 0 fully saturated rings. The van der Waals surface area contributed by atoms with Crippen LogP contribution in [-0.4, -0.2) is 75.8 Å². The number of nitrogens with zero attached hydrogens (tertiary/aromatic N) is 3. The molecule has 3 rings (SSSR count). The van der Waals surface area contributed by atoms with E-state index in [2.05, 4.69) is 24.0 Å². The molecule has 8 nitrogen and oxygen atoms in total. The molecule has 200 valence electrons. The molecule has 2 aromatic heterocycles. The summed E-state index contributed by atoms with van der Waals surface area (Å²) in [5, 5.41) is 16.3. The zero-order valence-corrected chi connectivity index (χ0v) is 19.9. The maximum absolute atomic E-state index is 12.4. The largest absolute Gasteiger partial charge is 0.490 e. The molecular formula is C21H23F6N3O5S. The smallest absolute Gasteiger partial charge is 0.475 e. The Morgan fingerprint density at radius 3 is 2.06 bits per heavy atom. The molecule has 0 spiro atoms. The van der Waals surface area contributed by atoms with Crippen LogP contribution in [0.4, 0.5) is 26.3 Å². The fourth-order valence-electron chi connectivity index (χ4n) is 2.93. The van der Waals surface area contributed by atoms with E-state index >= 15 is 0 Å². The van der Waals surface area contributed by atoms with Crippen molar-refractivity contribution in [2.45, 2.75) is 38.3 Å². The first-order valence-electron chi connectivity index (χ1n) is 10.0. The molecule has 0 bridgehead atoms. The predicted molar refractivity (Wildman–Crippen MR) is 116 cm³/mol. The summed E-state index contributed by atoms with van der Waals surface area (Å²) < 4.78 is 63.5. The minimum Gasteiger partial charge on any atom is -0.475 e. The Bertz CT molecular complexity index is 1000. The van der Waals surface area contributed by atoms with Crippen LogP contribution >= 0.6 is 11.3 Å². The Kier molecular flexibility index (Phi) is 11.3. The molecule has 1 aliphatic heterocycles. The van der Waals surface area contributed by atoms with E-state index in [1.165, 1.54) is 16.7 Å². The van der Waals surface area contributed by atoms with Crippen LogP contribution in [0.3, 0.4) is 0 Å². The molecule has 0 aromatic carbocycles. The number of alkyl halides is 6. The third-order valence-electron chi connectivity index (χ3n) is 4.46. The van der Waals surface area contributed by atoms with Gasteiger partial charge in [-0.2, -0.15) is 26.3 Å². The molecule has 0 aliphatic carbocycles. The van der Waals surface area contributed by atoms with Crippen molar-refractivity contribution in [2.24, 2.45) is 0 Å². The van der Waals surface area contributed by atoms with Crippen molar-refractivity contribution in [3.05, 3.63) is 51.5 Å². The van der Waals surface area contributed by atoms with Gasteiger partial charge < -0.3 is 20.0 Å². The lowest BCUT2D eigenvalue weighted by atomic mass is 9.96. The predicted octanol–water partition coefficient (Wildman–Crippen LogP) is 3.60. The normalized spacial score (nSPS) is 13.1. The summed E-state index contributed by atoms with van der Waals surface area (Å²) in [7, 11) is 4.14. The number of pyridine rings is 1. The Hall–Kier alpha value is -3.20. The summed E-state index contributed by atoms with van der Waals surface area (Å²) in [5.74, 6) is -5.30. The van der Waals surface area contributed by atoms with Crippen molar-refractivity contribution < 1.29 is 50.9 Å². The van der Waals surface area contributed by atoms with Crippen LogP contribution in [0.1, 0.15) is 21.6 Å². The zero-order chi connectivity index (χ0) is 27.7. The van der Waals surface area contributed by atoms with Gasteiger partial charge >= 0.3 is 24.3 Å². The van der Waals surface area contributed by atoms with Crippen LogP contribution in [0.2, 0.25) is 0 Å². The van der Waals surface area contributed by atoms with E-state index in [9.17, 15) is 31.1 Å². The van der Waals surface area contributed by atoms with Gasteiger partial charge in [-0.15, -0.1) is 11.3 Å². The highest BCUT2D eigenvalue weighted by Gasteiger charge is 2.38. The van der Waals surface area contributed by atoms with Crippen molar-refractivity contribution >= 4 is 29.2 Å². The average Bonchev–Trinajstić information content (AvgIpc) is 3.25. The number of halogens is 6. The number of thiophene rings is 1. The van der Waals surface area contributed by atoms with Gasteiger partial charge in [0.05, 0.1) is 6.42 Å². The number of aromatic nitrogens is 1. The van der Waals surface area contributed by atoms with Gasteiger partial charge in [0.1, 0.15) is 0 Å². The molecule has 0 saturated heterocycles. The van der Waals surface area contributed by atoms with Crippen LogP contribution in [0.5, 0.6) is 0 Å². The molecule has 0 atom stereocenters. The van der Waals surface area contributed by atoms with E-state index in [-0.39, 0.29) is 5.91 Å². The summed E-state index contributed by atoms with van der Waals surface area (Å²) in [5.41, 5.74) is 3.86. The Labute approximate surface area is 205 Å². The Morgan fingerprint density at radius 1 is 1.06 bits per heavy atom. The van der Waals surface area contributed by atoms with E-state index in [1.54, 1.807) is 11.3 Å². The molecule has 3 heterocycles. The maximum Gasteiger partial charge on any atom is 0.490 e. The summed E-state index contributed by atoms with van der Waals surface area (Å²) in [6.07, 6.45) is -4.85. The minimum atomic E-state index is -5.08. The standard InChI is InChI=1S/C17H21N3OS.2C2HF3O2/c1-19(2)11-13-9-18-10-14-12-20(6-5-16(13)14)17(21)8-15-4-3-7-22-15;2*3-2(4,5)1(6)7/h3-4,7,9-10H,5-6,8,11-12H2,1-2H3;2*(H,6,7). The number of aliphatic carboxylic acids is 2. The third kappa shape index (κ3) is 10.6. The maximum atomic E-state index is 12.4. The van der Waals surface area contributed by atoms with Gasteiger partial charge in [0, 0.05) is 36.9 Å². The SMILES string of the molecule is CN(C)Cc1cncc2c1CCN(C(=O)Cc1cccs1)C2.O=C(O)C(F)(F)F.O=C(O)C(F)(F)F. The average molecular weight is 543 g/mol. The highest BCUT2D eigenvalue weighted by Crippen LogP contribution is 2.23. The summed E-state index contributed by atoms with van der Waals surface area (Å²) >= 11 is 1.64. The van der Waals surface area contributed by atoms with E-state index in [4.69, 9.17) is 19.8 Å². The molecule has 0 radical (unpaired) electrons. The molecule has 0 unspecified atom stereocenters. The van der Waals surface area contributed by atoms with Crippen molar-refractivity contribution in [3.8, 4) is 0 Å². The molecule has 1 amide bonds. The van der Waals surface area contributed by atoms with Gasteiger partial charge in [0.2, 0.25) is 5.91 Å². The number of amides is 1. The number of rotatable bonds is 4. The number of hydrogen-bond donors (Lipinski definition) is 2. The third-order valence-corrected chi connectivity index (χ3v) is 5.34. The first-order chi connectivity index (χ1) is 16.5. The highest BCUT2D eigenvalue weighted by atomic mass is 32.1. The number of carboxylic acids is 2. The van der Waals surface area contributed by atoms with Gasteiger partial charge in [0.15, 0.2) is 0 Å². The minimum absolute atomic E-state index is 0.214. The van der Waals surface area contributed by atoms with Crippen molar-refractivity contribution in [1.29, 1.82) is 0 Å². The fourth-order valence-corrected chi connectivity index (χ4v) is 3.63. The summed E-state index contributed by atoms with van der Waals surface area (Å²) in [4.78, 5) is 39.8. The molecule has 2 N–H and O–H groups in total. The molecule has 2 aromatic rings. The quantitative estimate of drug-likeness (QED) is 0.567. The molecule has 15 heteroatoms. The van der Waals surface area contributed by atoms with E-state index < -0.39 is 24.3 Å². The molecule has 0 saturated carbocycles. The van der Waals surface area contributed by atoms with E-state index in [1.807, 2.05) is 34.8 Å². The van der Waals surface area contributed by atoms with Crippen LogP contribution in [0.25, 0.3) is 0 Å². The van der Waals surface area contributed by atoms with Crippen LogP contribution in [-0.2, 0) is 40.3 Å². The first-order valence-corrected chi connectivity index (χ1v) is 10.9.